The first-order chi connectivity index (χ1) is 7.13. The van der Waals surface area contributed by atoms with Gasteiger partial charge in [0.1, 0.15) is 5.69 Å². The normalized spacial score (nSPS) is 10.5. The summed E-state index contributed by atoms with van der Waals surface area (Å²) in [6.07, 6.45) is 0. The molecule has 4 nitrogen and oxygen atoms in total. The molecule has 0 aliphatic heterocycles. The zero-order valence-electron chi connectivity index (χ0n) is 8.64. The van der Waals surface area contributed by atoms with Crippen molar-refractivity contribution in [1.29, 1.82) is 0 Å². The van der Waals surface area contributed by atoms with Gasteiger partial charge in [0.15, 0.2) is 5.69 Å². The van der Waals surface area contributed by atoms with Crippen molar-refractivity contribution in [2.24, 2.45) is 0 Å². The number of nitrogens with zero attached hydrogens (tertiary/aromatic N) is 2. The number of benzene rings is 1. The number of hydrogen-bond donors (Lipinski definition) is 1. The Hall–Kier alpha value is -1.97. The molecule has 0 radical (unpaired) electrons. The Bertz CT molecular complexity index is 464. The van der Waals surface area contributed by atoms with Crippen molar-refractivity contribution in [3.8, 4) is 11.4 Å². The van der Waals surface area contributed by atoms with Gasteiger partial charge >= 0.3 is 5.82 Å². The smallest absolute Gasteiger partial charge is 0.331 e. The molecule has 0 aliphatic rings. The van der Waals surface area contributed by atoms with Gasteiger partial charge in [0.2, 0.25) is 0 Å². The molecule has 1 aromatic carbocycles. The Labute approximate surface area is 87.6 Å². The van der Waals surface area contributed by atoms with Gasteiger partial charge < -0.3 is 10.4 Å². The van der Waals surface area contributed by atoms with Gasteiger partial charge in [-0.25, -0.2) is 4.73 Å². The summed E-state index contributed by atoms with van der Waals surface area (Å²) >= 11 is 0. The van der Waals surface area contributed by atoms with Crippen LogP contribution in [0.4, 0.5) is 0 Å². The van der Waals surface area contributed by atoms with Gasteiger partial charge in [0, 0.05) is 13.8 Å². The molecular weight excluding hydrogens is 192 g/mol. The van der Waals surface area contributed by atoms with Crippen LogP contribution in [0.15, 0.2) is 30.3 Å². The Morgan fingerprint density at radius 3 is 2.27 bits per heavy atom. The molecule has 1 N–H and O–H groups in total. The van der Waals surface area contributed by atoms with E-state index in [0.717, 1.165) is 9.46 Å². The van der Waals surface area contributed by atoms with Crippen LogP contribution in [0.2, 0.25) is 0 Å². The summed E-state index contributed by atoms with van der Waals surface area (Å²) in [7, 11) is 0. The molecule has 0 unspecified atom stereocenters. The molecule has 2 aromatic rings. The van der Waals surface area contributed by atoms with E-state index in [-0.39, 0.29) is 5.82 Å². The lowest BCUT2D eigenvalue weighted by molar-refractivity contribution is -0.600. The van der Waals surface area contributed by atoms with Gasteiger partial charge in [-0.1, -0.05) is 18.2 Å². The molecule has 0 fully saturated rings. The van der Waals surface area contributed by atoms with Crippen LogP contribution in [0.5, 0.6) is 0 Å². The second-order valence-corrected chi connectivity index (χ2v) is 3.47. The summed E-state index contributed by atoms with van der Waals surface area (Å²) in [6.45, 7) is 3.39. The molecule has 15 heavy (non-hydrogen) atoms. The van der Waals surface area contributed by atoms with Crippen LogP contribution in [0.3, 0.4) is 0 Å². The number of hydrogen-bond acceptors (Lipinski definition) is 2. The van der Waals surface area contributed by atoms with Gasteiger partial charge in [-0.15, -0.1) is 0 Å². The van der Waals surface area contributed by atoms with Gasteiger partial charge in [-0.3, -0.25) is 0 Å². The fraction of sp³-hybridized carbons (Fsp3) is 0.182. The SMILES string of the molecule is Cc1c(C)[n+]([O-])c(-c2ccccc2)n1O. The molecule has 78 valence electrons. The molecule has 0 amide bonds. The highest BCUT2D eigenvalue weighted by atomic mass is 16.5. The lowest BCUT2D eigenvalue weighted by atomic mass is 10.2. The minimum absolute atomic E-state index is 0.255. The molecule has 2 rings (SSSR count). The average Bonchev–Trinajstić information content (AvgIpc) is 2.45. The van der Waals surface area contributed by atoms with Crippen LogP contribution in [0.25, 0.3) is 11.4 Å². The highest BCUT2D eigenvalue weighted by Crippen LogP contribution is 2.17. The van der Waals surface area contributed by atoms with Crippen molar-refractivity contribution < 1.29 is 9.94 Å². The van der Waals surface area contributed by atoms with E-state index in [2.05, 4.69) is 0 Å². The molecule has 1 heterocycles. The van der Waals surface area contributed by atoms with Crippen molar-refractivity contribution in [2.75, 3.05) is 0 Å². The van der Waals surface area contributed by atoms with E-state index in [1.807, 2.05) is 18.2 Å². The molecule has 0 atom stereocenters. The first kappa shape index (κ1) is 9.58. The second kappa shape index (κ2) is 3.31. The maximum absolute atomic E-state index is 11.7. The summed E-state index contributed by atoms with van der Waals surface area (Å²) in [5.74, 6) is 0.255. The summed E-state index contributed by atoms with van der Waals surface area (Å²) in [5.41, 5.74) is 1.77. The molecule has 4 heteroatoms. The molecule has 1 aromatic heterocycles. The highest BCUT2D eigenvalue weighted by molar-refractivity contribution is 5.52. The second-order valence-electron chi connectivity index (χ2n) is 3.47. The molecular formula is C11H12N2O2. The third kappa shape index (κ3) is 1.34. The van der Waals surface area contributed by atoms with Crippen molar-refractivity contribution in [1.82, 2.24) is 4.73 Å². The summed E-state index contributed by atoms with van der Waals surface area (Å²) in [4.78, 5) is 0. The first-order valence-electron chi connectivity index (χ1n) is 4.69. The fourth-order valence-electron chi connectivity index (χ4n) is 1.53. The minimum Gasteiger partial charge on any atom is -0.710 e. The van der Waals surface area contributed by atoms with E-state index in [4.69, 9.17) is 0 Å². The van der Waals surface area contributed by atoms with E-state index in [0.29, 0.717) is 17.0 Å². The van der Waals surface area contributed by atoms with E-state index >= 15 is 0 Å². The van der Waals surface area contributed by atoms with Crippen molar-refractivity contribution in [3.63, 3.8) is 0 Å². The average molecular weight is 204 g/mol. The molecule has 0 saturated heterocycles. The van der Waals surface area contributed by atoms with Crippen molar-refractivity contribution in [3.05, 3.63) is 46.9 Å². The maximum Gasteiger partial charge on any atom is 0.331 e. The lowest BCUT2D eigenvalue weighted by Gasteiger charge is -2.03. The quantitative estimate of drug-likeness (QED) is 0.436. The van der Waals surface area contributed by atoms with Crippen LogP contribution in [0.1, 0.15) is 11.4 Å². The van der Waals surface area contributed by atoms with E-state index < -0.39 is 0 Å². The van der Waals surface area contributed by atoms with E-state index in [1.54, 1.807) is 26.0 Å². The van der Waals surface area contributed by atoms with Crippen molar-refractivity contribution in [2.45, 2.75) is 13.8 Å². The van der Waals surface area contributed by atoms with Gasteiger partial charge in [-0.2, -0.15) is 0 Å². The number of rotatable bonds is 1. The van der Waals surface area contributed by atoms with E-state index in [9.17, 15) is 10.4 Å². The molecule has 0 bridgehead atoms. The predicted molar refractivity (Wildman–Crippen MR) is 55.5 cm³/mol. The first-order valence-corrected chi connectivity index (χ1v) is 4.69. The maximum atomic E-state index is 11.7. The summed E-state index contributed by atoms with van der Waals surface area (Å²) < 4.78 is 1.67. The minimum atomic E-state index is 0.255. The van der Waals surface area contributed by atoms with Crippen LogP contribution < -0.4 is 4.73 Å². The largest absolute Gasteiger partial charge is 0.710 e. The van der Waals surface area contributed by atoms with Gasteiger partial charge in [-0.05, 0) is 16.9 Å². The Kier molecular flexibility index (Phi) is 2.11. The number of imidazole rings is 1. The van der Waals surface area contributed by atoms with Crippen molar-refractivity contribution >= 4 is 0 Å². The van der Waals surface area contributed by atoms with Gasteiger partial charge in [0.05, 0.1) is 5.56 Å². The fourth-order valence-corrected chi connectivity index (χ4v) is 1.53. The monoisotopic (exact) mass is 204 g/mol. The van der Waals surface area contributed by atoms with E-state index in [1.165, 1.54) is 0 Å². The van der Waals surface area contributed by atoms with Crippen LogP contribution in [0, 0.1) is 19.1 Å². The zero-order valence-corrected chi connectivity index (χ0v) is 8.64. The Balaban J connectivity index is 2.69. The van der Waals surface area contributed by atoms with Crippen LogP contribution >= 0.6 is 0 Å². The third-order valence-corrected chi connectivity index (χ3v) is 2.57. The lowest BCUT2D eigenvalue weighted by Crippen LogP contribution is -2.30. The topological polar surface area (TPSA) is 52.1 Å². The summed E-state index contributed by atoms with van der Waals surface area (Å²) in [5, 5.41) is 21.5. The number of aromatic nitrogens is 2. The van der Waals surface area contributed by atoms with Crippen LogP contribution in [-0.4, -0.2) is 9.94 Å². The Morgan fingerprint density at radius 1 is 1.20 bits per heavy atom. The molecule has 0 aliphatic carbocycles. The Morgan fingerprint density at radius 2 is 1.80 bits per heavy atom. The summed E-state index contributed by atoms with van der Waals surface area (Å²) in [6, 6.07) is 9.09. The third-order valence-electron chi connectivity index (χ3n) is 2.57. The molecule has 0 saturated carbocycles. The van der Waals surface area contributed by atoms with Crippen LogP contribution in [-0.2, 0) is 0 Å². The van der Waals surface area contributed by atoms with Gasteiger partial charge in [0.25, 0.3) is 0 Å². The predicted octanol–water partition coefficient (Wildman–Crippen LogP) is 1.64. The highest BCUT2D eigenvalue weighted by Gasteiger charge is 2.22. The zero-order chi connectivity index (χ0) is 11.0. The standard InChI is InChI=1S/C11H12N2O2/c1-8-9(2)13(15)11(12(8)14)10-6-4-3-5-7-10/h3-7,14H,1-2H3. The molecule has 0 spiro atoms.